The fourth-order valence-electron chi connectivity index (χ4n) is 2.63. The number of rotatable bonds is 5. The number of benzene rings is 1. The Balaban J connectivity index is 1.93. The summed E-state index contributed by atoms with van der Waals surface area (Å²) in [4.78, 5) is 12.3. The van der Waals surface area contributed by atoms with Gasteiger partial charge in [0.2, 0.25) is 0 Å². The Bertz CT molecular complexity index is 861. The number of aromatic nitrogens is 3. The zero-order chi connectivity index (χ0) is 17.1. The molecule has 0 amide bonds. The molecule has 24 heavy (non-hydrogen) atoms. The molecule has 1 atom stereocenters. The molecule has 122 valence electrons. The SMILES string of the molecule is CC(C)CC(Nc1ccc(Cl)c(C#N)n1)c1nc2ccccc2[nH]1. The van der Waals surface area contributed by atoms with Crippen LogP contribution in [0.15, 0.2) is 36.4 Å². The maximum absolute atomic E-state index is 9.09. The first-order valence-electron chi connectivity index (χ1n) is 7.84. The van der Waals surface area contributed by atoms with E-state index in [1.165, 1.54) is 0 Å². The fraction of sp³-hybridized carbons (Fsp3) is 0.278. The Morgan fingerprint density at radius 3 is 2.71 bits per heavy atom. The highest BCUT2D eigenvalue weighted by molar-refractivity contribution is 6.31. The molecule has 0 saturated carbocycles. The van der Waals surface area contributed by atoms with Gasteiger partial charge in [0.15, 0.2) is 5.69 Å². The van der Waals surface area contributed by atoms with Gasteiger partial charge in [-0.3, -0.25) is 0 Å². The van der Waals surface area contributed by atoms with Crippen LogP contribution in [-0.4, -0.2) is 15.0 Å². The summed E-state index contributed by atoms with van der Waals surface area (Å²) in [6.07, 6.45) is 0.881. The van der Waals surface area contributed by atoms with Crippen molar-refractivity contribution >= 4 is 28.5 Å². The minimum Gasteiger partial charge on any atom is -0.360 e. The van der Waals surface area contributed by atoms with Crippen LogP contribution < -0.4 is 5.32 Å². The smallest absolute Gasteiger partial charge is 0.161 e. The topological polar surface area (TPSA) is 77.4 Å². The van der Waals surface area contributed by atoms with Gasteiger partial charge in [0.25, 0.3) is 0 Å². The molecule has 1 aromatic carbocycles. The Kier molecular flexibility index (Phi) is 4.68. The molecule has 0 spiro atoms. The summed E-state index contributed by atoms with van der Waals surface area (Å²) < 4.78 is 0. The van der Waals surface area contributed by atoms with Crippen LogP contribution in [-0.2, 0) is 0 Å². The quantitative estimate of drug-likeness (QED) is 0.707. The molecule has 2 heterocycles. The molecule has 6 heteroatoms. The van der Waals surface area contributed by atoms with Gasteiger partial charge in [0.05, 0.1) is 22.1 Å². The number of nitriles is 1. The van der Waals surface area contributed by atoms with Gasteiger partial charge >= 0.3 is 0 Å². The Morgan fingerprint density at radius 1 is 1.21 bits per heavy atom. The van der Waals surface area contributed by atoms with Crippen molar-refractivity contribution in [2.75, 3.05) is 5.32 Å². The van der Waals surface area contributed by atoms with Gasteiger partial charge in [-0.2, -0.15) is 5.26 Å². The fourth-order valence-corrected chi connectivity index (χ4v) is 2.77. The lowest BCUT2D eigenvalue weighted by Crippen LogP contribution is -2.16. The Morgan fingerprint density at radius 2 is 2.00 bits per heavy atom. The van der Waals surface area contributed by atoms with Crippen LogP contribution >= 0.6 is 11.6 Å². The summed E-state index contributed by atoms with van der Waals surface area (Å²) >= 11 is 5.96. The van der Waals surface area contributed by atoms with Crippen molar-refractivity contribution in [1.29, 1.82) is 5.26 Å². The van der Waals surface area contributed by atoms with Crippen LogP contribution in [0.5, 0.6) is 0 Å². The third-order valence-corrected chi connectivity index (χ3v) is 4.02. The van der Waals surface area contributed by atoms with E-state index < -0.39 is 0 Å². The highest BCUT2D eigenvalue weighted by Crippen LogP contribution is 2.26. The number of para-hydroxylation sites is 2. The summed E-state index contributed by atoms with van der Waals surface area (Å²) in [6.45, 7) is 4.32. The first-order chi connectivity index (χ1) is 11.6. The monoisotopic (exact) mass is 339 g/mol. The summed E-state index contributed by atoms with van der Waals surface area (Å²) in [6, 6.07) is 13.4. The molecule has 0 aliphatic carbocycles. The second kappa shape index (κ2) is 6.90. The average Bonchev–Trinajstić information content (AvgIpc) is 2.99. The number of pyridine rings is 1. The highest BCUT2D eigenvalue weighted by atomic mass is 35.5. The van der Waals surface area contributed by atoms with Crippen LogP contribution in [0.2, 0.25) is 5.02 Å². The van der Waals surface area contributed by atoms with Crippen molar-refractivity contribution in [3.8, 4) is 6.07 Å². The molecule has 3 aromatic rings. The molecule has 3 rings (SSSR count). The number of hydrogen-bond donors (Lipinski definition) is 2. The number of anilines is 1. The predicted octanol–water partition coefficient (Wildman–Crippen LogP) is 4.68. The van der Waals surface area contributed by atoms with E-state index >= 15 is 0 Å². The molecule has 2 N–H and O–H groups in total. The van der Waals surface area contributed by atoms with Gasteiger partial charge in [-0.15, -0.1) is 0 Å². The van der Waals surface area contributed by atoms with E-state index in [0.29, 0.717) is 16.8 Å². The average molecular weight is 340 g/mol. The van der Waals surface area contributed by atoms with Crippen LogP contribution in [0, 0.1) is 17.2 Å². The van der Waals surface area contributed by atoms with E-state index in [0.717, 1.165) is 23.3 Å². The number of imidazole rings is 1. The van der Waals surface area contributed by atoms with E-state index in [9.17, 15) is 0 Å². The molecule has 0 aliphatic rings. The Labute approximate surface area is 145 Å². The lowest BCUT2D eigenvalue weighted by Gasteiger charge is -2.19. The van der Waals surface area contributed by atoms with E-state index in [4.69, 9.17) is 16.9 Å². The summed E-state index contributed by atoms with van der Waals surface area (Å²) in [7, 11) is 0. The van der Waals surface area contributed by atoms with E-state index in [2.05, 4.69) is 34.1 Å². The van der Waals surface area contributed by atoms with Gasteiger partial charge in [0, 0.05) is 0 Å². The van der Waals surface area contributed by atoms with E-state index in [1.54, 1.807) is 12.1 Å². The van der Waals surface area contributed by atoms with Crippen LogP contribution in [0.25, 0.3) is 11.0 Å². The number of hydrogen-bond acceptors (Lipinski definition) is 4. The summed E-state index contributed by atoms with van der Waals surface area (Å²) in [5, 5.41) is 12.8. The normalized spacial score (nSPS) is 12.3. The van der Waals surface area contributed by atoms with Crippen molar-refractivity contribution in [2.45, 2.75) is 26.3 Å². The number of nitrogens with zero attached hydrogens (tertiary/aromatic N) is 3. The molecular formula is C18H18ClN5. The van der Waals surface area contributed by atoms with Crippen molar-refractivity contribution in [3.05, 3.63) is 52.9 Å². The number of halogens is 1. The van der Waals surface area contributed by atoms with E-state index in [-0.39, 0.29) is 11.7 Å². The van der Waals surface area contributed by atoms with Gasteiger partial charge in [-0.25, -0.2) is 9.97 Å². The molecule has 5 nitrogen and oxygen atoms in total. The number of fused-ring (bicyclic) bond motifs is 1. The number of H-pyrrole nitrogens is 1. The highest BCUT2D eigenvalue weighted by Gasteiger charge is 2.18. The van der Waals surface area contributed by atoms with Crippen LogP contribution in [0.3, 0.4) is 0 Å². The number of aromatic amines is 1. The van der Waals surface area contributed by atoms with Crippen LogP contribution in [0.4, 0.5) is 5.82 Å². The van der Waals surface area contributed by atoms with Gasteiger partial charge < -0.3 is 10.3 Å². The molecular weight excluding hydrogens is 322 g/mol. The van der Waals surface area contributed by atoms with Gasteiger partial charge in [-0.05, 0) is 36.6 Å². The Hall–Kier alpha value is -2.58. The molecule has 1 unspecified atom stereocenters. The molecule has 0 saturated heterocycles. The summed E-state index contributed by atoms with van der Waals surface area (Å²) in [5.41, 5.74) is 2.16. The first-order valence-corrected chi connectivity index (χ1v) is 8.22. The molecule has 2 aromatic heterocycles. The molecule has 0 radical (unpaired) electrons. The van der Waals surface area contributed by atoms with E-state index in [1.807, 2.05) is 30.3 Å². The van der Waals surface area contributed by atoms with Crippen molar-refractivity contribution in [1.82, 2.24) is 15.0 Å². The van der Waals surface area contributed by atoms with Crippen molar-refractivity contribution < 1.29 is 0 Å². The molecule has 0 fully saturated rings. The second-order valence-electron chi connectivity index (χ2n) is 6.10. The van der Waals surface area contributed by atoms with Crippen LogP contribution in [0.1, 0.15) is 37.8 Å². The third kappa shape index (κ3) is 3.50. The van der Waals surface area contributed by atoms with Crippen molar-refractivity contribution in [2.24, 2.45) is 5.92 Å². The largest absolute Gasteiger partial charge is 0.360 e. The minimum atomic E-state index is -0.0300. The standard InChI is InChI=1S/C18H18ClN5/c1-11(2)9-15(18-23-13-5-3-4-6-14(13)24-18)21-17-8-7-12(19)16(10-20)22-17/h3-8,11,15H,9H2,1-2H3,(H,21,22)(H,23,24). The van der Waals surface area contributed by atoms with Crippen molar-refractivity contribution in [3.63, 3.8) is 0 Å². The minimum absolute atomic E-state index is 0.0300. The zero-order valence-electron chi connectivity index (χ0n) is 13.5. The maximum atomic E-state index is 9.09. The maximum Gasteiger partial charge on any atom is 0.161 e. The second-order valence-corrected chi connectivity index (χ2v) is 6.51. The molecule has 0 bridgehead atoms. The zero-order valence-corrected chi connectivity index (χ0v) is 14.3. The lowest BCUT2D eigenvalue weighted by molar-refractivity contribution is 0.517. The first kappa shape index (κ1) is 16.3. The lowest BCUT2D eigenvalue weighted by atomic mass is 10.0. The van der Waals surface area contributed by atoms with Gasteiger partial charge in [0.1, 0.15) is 17.7 Å². The summed E-state index contributed by atoms with van der Waals surface area (Å²) in [5.74, 6) is 1.95. The third-order valence-electron chi connectivity index (χ3n) is 3.72. The molecule has 0 aliphatic heterocycles. The predicted molar refractivity (Wildman–Crippen MR) is 95.9 cm³/mol. The van der Waals surface area contributed by atoms with Gasteiger partial charge in [-0.1, -0.05) is 37.6 Å². The number of nitrogens with one attached hydrogen (secondary N) is 2.